The number of likely N-dealkylation sites (tertiary alicyclic amines) is 1. The van der Waals surface area contributed by atoms with Gasteiger partial charge in [-0.05, 0) is 55.0 Å². The maximum absolute atomic E-state index is 13.9. The van der Waals surface area contributed by atoms with Crippen LogP contribution in [0.2, 0.25) is 0 Å². The molecule has 0 unspecified atom stereocenters. The molecule has 312 valence electrons. The Balaban J connectivity index is 1.10. The number of aromatic nitrogens is 4. The van der Waals surface area contributed by atoms with E-state index in [1.165, 1.54) is 14.2 Å². The fourth-order valence-electron chi connectivity index (χ4n) is 7.79. The number of methoxy groups -OCH3 is 2. The smallest absolute Gasteiger partial charge is 0.407 e. The molecular formula is C42H50N8O8S. The summed E-state index contributed by atoms with van der Waals surface area (Å²) in [6, 6.07) is 8.68. The van der Waals surface area contributed by atoms with Crippen LogP contribution in [0.15, 0.2) is 58.0 Å². The maximum Gasteiger partial charge on any atom is 0.407 e. The fourth-order valence-corrected chi connectivity index (χ4v) is 8.96. The maximum atomic E-state index is 13.9. The molecule has 2 aromatic carbocycles. The van der Waals surface area contributed by atoms with Crippen LogP contribution in [0, 0.1) is 11.8 Å². The summed E-state index contributed by atoms with van der Waals surface area (Å²) in [5.74, 6) is 1.76. The molecule has 0 radical (unpaired) electrons. The van der Waals surface area contributed by atoms with Gasteiger partial charge in [0.15, 0.2) is 0 Å². The highest BCUT2D eigenvalue weighted by molar-refractivity contribution is 7.99. The number of nitrogens with zero attached hydrogens (tertiary/aromatic N) is 4. The van der Waals surface area contributed by atoms with Gasteiger partial charge in [-0.2, -0.15) is 0 Å². The van der Waals surface area contributed by atoms with Crippen molar-refractivity contribution in [3.63, 3.8) is 0 Å². The fraction of sp³-hybridized carbons (Fsp3) is 0.452. The molecule has 2 fully saturated rings. The summed E-state index contributed by atoms with van der Waals surface area (Å²) in [4.78, 5) is 85.2. The van der Waals surface area contributed by atoms with Crippen LogP contribution in [0.5, 0.6) is 0 Å². The summed E-state index contributed by atoms with van der Waals surface area (Å²) < 4.78 is 15.9. The number of H-pyrrole nitrogens is 2. The zero-order valence-corrected chi connectivity index (χ0v) is 34.8. The Labute approximate surface area is 345 Å². The molecule has 2 aliphatic rings. The summed E-state index contributed by atoms with van der Waals surface area (Å²) in [5.41, 5.74) is 3.52. The minimum Gasteiger partial charge on any atom is -0.456 e. The lowest BCUT2D eigenvalue weighted by Gasteiger charge is -2.30. The number of carbonyl (C=O) groups excluding carboxylic acids is 4. The Morgan fingerprint density at radius 2 is 1.39 bits per heavy atom. The van der Waals surface area contributed by atoms with Crippen LogP contribution < -0.4 is 16.1 Å². The largest absolute Gasteiger partial charge is 0.456 e. The van der Waals surface area contributed by atoms with E-state index in [-0.39, 0.29) is 41.2 Å². The SMILES string of the molecule is CC[C@H](C)[C@H](NC(=O)OC)C(=O)N1CCC[C@H]1c1ncc(-c2ccc3c(=O)c4cc(-c5cnc([C@@H]6CSCN6C(=O)[C@@H](NC(=O)OC)[C@@H](C)CC)[nH]5)ccc4oc3c2)[nH]1. The standard InChI is InChI=1S/C42H50N8O8S/c1-7-22(3)34(47-41(54)56-5)39(52)49-15-9-10-30(49)37-43-19-29(45-37)25-11-13-26-33(17-25)58-32-14-12-24(16-27(32)36(26)51)28-18-44-38(46-28)31-20-59-21-50(31)40(53)35(23(4)8-2)48-42(55)57-6/h11-14,16-19,22-23,30-31,34-35H,7-10,15,20-21H2,1-6H3,(H,43,45)(H,44,46)(H,47,54)(H,48,55)/t22-,23-,30-,31-,34-,35-/m0/s1. The molecule has 3 aromatic heterocycles. The molecular weight excluding hydrogens is 777 g/mol. The van der Waals surface area contributed by atoms with E-state index in [0.29, 0.717) is 76.0 Å². The third kappa shape index (κ3) is 8.25. The number of aromatic amines is 2. The molecule has 2 saturated heterocycles. The van der Waals surface area contributed by atoms with Gasteiger partial charge in [-0.3, -0.25) is 14.4 Å². The van der Waals surface area contributed by atoms with Crippen LogP contribution in [0.1, 0.15) is 77.1 Å². The molecule has 17 heteroatoms. The normalized spacial score (nSPS) is 18.7. The molecule has 0 spiro atoms. The van der Waals surface area contributed by atoms with E-state index in [1.54, 1.807) is 58.2 Å². The Hall–Kier alpha value is -5.84. The number of hydrogen-bond acceptors (Lipinski definition) is 11. The van der Waals surface area contributed by atoms with Gasteiger partial charge in [-0.25, -0.2) is 19.6 Å². The van der Waals surface area contributed by atoms with E-state index in [2.05, 4.69) is 30.6 Å². The van der Waals surface area contributed by atoms with Gasteiger partial charge in [0, 0.05) is 23.4 Å². The number of ether oxygens (including phenoxy) is 2. The van der Waals surface area contributed by atoms with Gasteiger partial charge in [0.05, 0.1) is 66.7 Å². The average Bonchev–Trinajstić information content (AvgIpc) is 4.10. The predicted molar refractivity (Wildman–Crippen MR) is 223 cm³/mol. The molecule has 5 heterocycles. The van der Waals surface area contributed by atoms with Gasteiger partial charge in [0.25, 0.3) is 0 Å². The van der Waals surface area contributed by atoms with Gasteiger partial charge in [0.2, 0.25) is 17.2 Å². The molecule has 0 bridgehead atoms. The van der Waals surface area contributed by atoms with Gasteiger partial charge in [-0.15, -0.1) is 11.8 Å². The van der Waals surface area contributed by atoms with Gasteiger partial charge in [-0.1, -0.05) is 46.6 Å². The third-order valence-electron chi connectivity index (χ3n) is 11.7. The van der Waals surface area contributed by atoms with Crippen LogP contribution in [-0.4, -0.2) is 98.2 Å². The first-order valence-electron chi connectivity index (χ1n) is 19.9. The quantitative estimate of drug-likeness (QED) is 0.0999. The van der Waals surface area contributed by atoms with E-state index >= 15 is 0 Å². The van der Waals surface area contributed by atoms with Gasteiger partial charge >= 0.3 is 12.2 Å². The van der Waals surface area contributed by atoms with Crippen LogP contribution in [0.4, 0.5) is 9.59 Å². The second-order valence-corrected chi connectivity index (χ2v) is 16.2. The minimum atomic E-state index is -0.738. The Morgan fingerprint density at radius 1 is 0.814 bits per heavy atom. The number of benzene rings is 2. The lowest BCUT2D eigenvalue weighted by atomic mass is 9.97. The van der Waals surface area contributed by atoms with Crippen molar-refractivity contribution in [2.45, 2.75) is 77.5 Å². The number of rotatable bonds is 12. The van der Waals surface area contributed by atoms with Crippen LogP contribution in [0.25, 0.3) is 44.5 Å². The second-order valence-electron chi connectivity index (χ2n) is 15.2. The van der Waals surface area contributed by atoms with Gasteiger partial charge in [0.1, 0.15) is 34.9 Å². The van der Waals surface area contributed by atoms with Crippen molar-refractivity contribution < 1.29 is 33.1 Å². The van der Waals surface area contributed by atoms with Crippen LogP contribution >= 0.6 is 11.8 Å². The van der Waals surface area contributed by atoms with Crippen molar-refractivity contribution in [3.05, 3.63) is 70.7 Å². The number of thioether (sulfide) groups is 1. The van der Waals surface area contributed by atoms with Crippen molar-refractivity contribution in [2.75, 3.05) is 32.4 Å². The molecule has 4 N–H and O–H groups in total. The van der Waals surface area contributed by atoms with Crippen molar-refractivity contribution in [1.29, 1.82) is 0 Å². The van der Waals surface area contributed by atoms with Crippen molar-refractivity contribution in [3.8, 4) is 22.5 Å². The lowest BCUT2D eigenvalue weighted by Crippen LogP contribution is -2.51. The summed E-state index contributed by atoms with van der Waals surface area (Å²) in [5, 5.41) is 6.26. The monoisotopic (exact) mass is 826 g/mol. The zero-order chi connectivity index (χ0) is 42.0. The average molecular weight is 827 g/mol. The highest BCUT2D eigenvalue weighted by Crippen LogP contribution is 2.36. The van der Waals surface area contributed by atoms with E-state index < -0.39 is 24.3 Å². The minimum absolute atomic E-state index is 0.0956. The number of imidazole rings is 2. The summed E-state index contributed by atoms with van der Waals surface area (Å²) in [6.07, 6.45) is 5.02. The molecule has 7 rings (SSSR count). The van der Waals surface area contributed by atoms with E-state index in [4.69, 9.17) is 13.9 Å². The Bertz CT molecular complexity index is 2430. The Morgan fingerprint density at radius 3 is 2.00 bits per heavy atom. The molecule has 5 aromatic rings. The Kier molecular flexibility index (Phi) is 12.3. The third-order valence-corrected chi connectivity index (χ3v) is 12.7. The number of amides is 4. The molecule has 16 nitrogen and oxygen atoms in total. The molecule has 4 amide bonds. The number of fused-ring (bicyclic) bond motifs is 2. The van der Waals surface area contributed by atoms with Crippen LogP contribution in [-0.2, 0) is 19.1 Å². The van der Waals surface area contributed by atoms with Crippen molar-refractivity contribution in [1.82, 2.24) is 40.4 Å². The molecule has 0 aliphatic carbocycles. The molecule has 59 heavy (non-hydrogen) atoms. The molecule has 6 atom stereocenters. The highest BCUT2D eigenvalue weighted by Gasteiger charge is 2.40. The lowest BCUT2D eigenvalue weighted by molar-refractivity contribution is -0.136. The number of nitrogens with one attached hydrogen (secondary N) is 4. The molecule has 0 saturated carbocycles. The van der Waals surface area contributed by atoms with Gasteiger partial charge < -0.3 is 44.3 Å². The number of carbonyl (C=O) groups is 4. The summed E-state index contributed by atoms with van der Waals surface area (Å²) in [6.45, 7) is 8.34. The first-order valence-corrected chi connectivity index (χ1v) is 21.1. The summed E-state index contributed by atoms with van der Waals surface area (Å²) in [7, 11) is 2.55. The van der Waals surface area contributed by atoms with E-state index in [0.717, 1.165) is 24.0 Å². The predicted octanol–water partition coefficient (Wildman–Crippen LogP) is 6.51. The number of hydrogen-bond donors (Lipinski definition) is 4. The number of alkyl carbamates (subject to hydrolysis) is 2. The highest BCUT2D eigenvalue weighted by atomic mass is 32.2. The topological polar surface area (TPSA) is 205 Å². The zero-order valence-electron chi connectivity index (χ0n) is 34.0. The van der Waals surface area contributed by atoms with E-state index in [1.807, 2.05) is 39.8 Å². The first-order chi connectivity index (χ1) is 28.5. The van der Waals surface area contributed by atoms with E-state index in [9.17, 15) is 24.0 Å². The van der Waals surface area contributed by atoms with Crippen molar-refractivity contribution >= 4 is 57.7 Å². The second kappa shape index (κ2) is 17.6. The molecule has 2 aliphatic heterocycles. The van der Waals surface area contributed by atoms with Crippen molar-refractivity contribution in [2.24, 2.45) is 11.8 Å². The summed E-state index contributed by atoms with van der Waals surface area (Å²) >= 11 is 1.61. The van der Waals surface area contributed by atoms with Crippen LogP contribution in [0.3, 0.4) is 0 Å². The first kappa shape index (κ1) is 41.3.